The van der Waals surface area contributed by atoms with Crippen LogP contribution in [-0.4, -0.2) is 55.7 Å². The molecule has 32 heavy (non-hydrogen) atoms. The third-order valence-electron chi connectivity index (χ3n) is 5.51. The lowest BCUT2D eigenvalue weighted by atomic mass is 10.0. The Labute approximate surface area is 194 Å². The largest absolute Gasteiger partial charge is 0.493 e. The first-order chi connectivity index (χ1) is 15.6. The number of carbonyl (C=O) groups excluding carboxylic acids is 1. The summed E-state index contributed by atoms with van der Waals surface area (Å²) in [6.07, 6.45) is 0.881. The molecule has 3 aromatic rings. The van der Waals surface area contributed by atoms with Crippen molar-refractivity contribution in [3.63, 3.8) is 0 Å². The van der Waals surface area contributed by atoms with E-state index in [1.54, 1.807) is 19.6 Å². The average molecular weight is 454 g/mol. The Morgan fingerprint density at radius 3 is 2.47 bits per heavy atom. The highest BCUT2D eigenvalue weighted by molar-refractivity contribution is 7.13. The predicted molar refractivity (Wildman–Crippen MR) is 130 cm³/mol. The van der Waals surface area contributed by atoms with Crippen LogP contribution in [0.5, 0.6) is 11.5 Å². The fourth-order valence-electron chi connectivity index (χ4n) is 3.81. The minimum absolute atomic E-state index is 0.167. The lowest BCUT2D eigenvalue weighted by Crippen LogP contribution is -2.45. The average Bonchev–Trinajstić information content (AvgIpc) is 3.33. The molecule has 0 aliphatic carbocycles. The molecular weight excluding hydrogens is 422 g/mol. The smallest absolute Gasteiger partial charge is 0.270 e. The van der Waals surface area contributed by atoms with Crippen LogP contribution < -0.4 is 14.8 Å². The van der Waals surface area contributed by atoms with E-state index in [-0.39, 0.29) is 11.9 Å². The summed E-state index contributed by atoms with van der Waals surface area (Å²) in [5, 5.41) is 5.59. The SMILES string of the molecule is CCN(CC)C(CNC(=O)c1csc(-c2cccc(OC)c2OC)n1)Cc1ccccc1. The second kappa shape index (κ2) is 11.6. The first-order valence-electron chi connectivity index (χ1n) is 10.8. The Bertz CT molecular complexity index is 1000. The van der Waals surface area contributed by atoms with Crippen molar-refractivity contribution >= 4 is 17.2 Å². The number of ether oxygens (including phenoxy) is 2. The van der Waals surface area contributed by atoms with Crippen molar-refractivity contribution in [1.82, 2.24) is 15.2 Å². The van der Waals surface area contributed by atoms with Crippen molar-refractivity contribution in [1.29, 1.82) is 0 Å². The molecule has 0 aliphatic heterocycles. The zero-order chi connectivity index (χ0) is 22.9. The lowest BCUT2D eigenvalue weighted by molar-refractivity contribution is 0.0930. The summed E-state index contributed by atoms with van der Waals surface area (Å²) >= 11 is 1.41. The number of methoxy groups -OCH3 is 2. The second-order valence-electron chi connectivity index (χ2n) is 7.35. The summed E-state index contributed by atoms with van der Waals surface area (Å²) in [4.78, 5) is 19.8. The Morgan fingerprint density at radius 2 is 1.81 bits per heavy atom. The Morgan fingerprint density at radius 1 is 1.06 bits per heavy atom. The van der Waals surface area contributed by atoms with E-state index in [0.29, 0.717) is 23.7 Å². The number of aromatic nitrogens is 1. The zero-order valence-electron chi connectivity index (χ0n) is 19.1. The fraction of sp³-hybridized carbons (Fsp3) is 0.360. The minimum atomic E-state index is -0.167. The number of amides is 1. The van der Waals surface area contributed by atoms with E-state index in [0.717, 1.165) is 30.1 Å². The van der Waals surface area contributed by atoms with Gasteiger partial charge in [0.05, 0.1) is 19.8 Å². The molecular formula is C25H31N3O3S. The van der Waals surface area contributed by atoms with Crippen molar-refractivity contribution in [2.24, 2.45) is 0 Å². The molecule has 0 radical (unpaired) electrons. The number of likely N-dealkylation sites (N-methyl/N-ethyl adjacent to an activating group) is 1. The van der Waals surface area contributed by atoms with Gasteiger partial charge >= 0.3 is 0 Å². The van der Waals surface area contributed by atoms with E-state index in [1.807, 2.05) is 24.3 Å². The van der Waals surface area contributed by atoms with Crippen molar-refractivity contribution in [3.05, 3.63) is 65.2 Å². The van der Waals surface area contributed by atoms with E-state index in [4.69, 9.17) is 9.47 Å². The number of hydrogen-bond donors (Lipinski definition) is 1. The van der Waals surface area contributed by atoms with E-state index in [1.165, 1.54) is 16.9 Å². The van der Waals surface area contributed by atoms with Gasteiger partial charge in [-0.25, -0.2) is 4.98 Å². The zero-order valence-corrected chi connectivity index (χ0v) is 19.9. The van der Waals surface area contributed by atoms with Crippen LogP contribution in [0.4, 0.5) is 0 Å². The van der Waals surface area contributed by atoms with Crippen LogP contribution in [0.25, 0.3) is 10.6 Å². The van der Waals surface area contributed by atoms with Crippen LogP contribution in [0.2, 0.25) is 0 Å². The molecule has 0 saturated carbocycles. The summed E-state index contributed by atoms with van der Waals surface area (Å²) in [5.41, 5.74) is 2.48. The third-order valence-corrected chi connectivity index (χ3v) is 6.39. The third kappa shape index (κ3) is 5.66. The van der Waals surface area contributed by atoms with Gasteiger partial charge in [-0.05, 0) is 37.2 Å². The van der Waals surface area contributed by atoms with E-state index < -0.39 is 0 Å². The van der Waals surface area contributed by atoms with Gasteiger partial charge in [0.1, 0.15) is 10.7 Å². The lowest BCUT2D eigenvalue weighted by Gasteiger charge is -2.30. The highest BCUT2D eigenvalue weighted by Gasteiger charge is 2.20. The number of nitrogens with zero attached hydrogens (tertiary/aromatic N) is 2. The number of benzene rings is 2. The molecule has 0 aliphatic rings. The van der Waals surface area contributed by atoms with Crippen LogP contribution in [0.1, 0.15) is 29.9 Å². The van der Waals surface area contributed by atoms with Gasteiger partial charge in [0.2, 0.25) is 0 Å². The van der Waals surface area contributed by atoms with Crippen LogP contribution in [0.15, 0.2) is 53.9 Å². The highest BCUT2D eigenvalue weighted by Crippen LogP contribution is 2.38. The van der Waals surface area contributed by atoms with Gasteiger partial charge in [0, 0.05) is 18.0 Å². The molecule has 1 unspecified atom stereocenters. The number of rotatable bonds is 11. The highest BCUT2D eigenvalue weighted by atomic mass is 32.1. The molecule has 1 N–H and O–H groups in total. The van der Waals surface area contributed by atoms with Gasteiger partial charge in [0.15, 0.2) is 11.5 Å². The van der Waals surface area contributed by atoms with Crippen LogP contribution in [-0.2, 0) is 6.42 Å². The molecule has 0 saturated heterocycles. The number of thiazole rings is 1. The van der Waals surface area contributed by atoms with Gasteiger partial charge in [0.25, 0.3) is 5.91 Å². The van der Waals surface area contributed by atoms with E-state index >= 15 is 0 Å². The second-order valence-corrected chi connectivity index (χ2v) is 8.21. The van der Waals surface area contributed by atoms with Gasteiger partial charge in [-0.3, -0.25) is 9.69 Å². The molecule has 1 amide bonds. The molecule has 2 aromatic carbocycles. The van der Waals surface area contributed by atoms with Crippen LogP contribution in [0.3, 0.4) is 0 Å². The first-order valence-corrected chi connectivity index (χ1v) is 11.7. The number of carbonyl (C=O) groups is 1. The molecule has 1 atom stereocenters. The molecule has 0 bridgehead atoms. The van der Waals surface area contributed by atoms with Crippen molar-refractivity contribution in [2.75, 3.05) is 33.9 Å². The van der Waals surface area contributed by atoms with E-state index in [2.05, 4.69) is 53.3 Å². The number of nitrogens with one attached hydrogen (secondary N) is 1. The maximum atomic E-state index is 12.9. The minimum Gasteiger partial charge on any atom is -0.493 e. The molecule has 3 rings (SSSR count). The van der Waals surface area contributed by atoms with Crippen molar-refractivity contribution < 1.29 is 14.3 Å². The normalized spacial score (nSPS) is 11.9. The van der Waals surface area contributed by atoms with Crippen molar-refractivity contribution in [2.45, 2.75) is 26.3 Å². The Hall–Kier alpha value is -2.90. The Balaban J connectivity index is 1.72. The van der Waals surface area contributed by atoms with Gasteiger partial charge < -0.3 is 14.8 Å². The number of para-hydroxylation sites is 1. The maximum Gasteiger partial charge on any atom is 0.270 e. The monoisotopic (exact) mass is 453 g/mol. The molecule has 1 heterocycles. The summed E-state index contributed by atoms with van der Waals surface area (Å²) in [6, 6.07) is 16.2. The van der Waals surface area contributed by atoms with Gasteiger partial charge in [-0.1, -0.05) is 50.2 Å². The summed E-state index contributed by atoms with van der Waals surface area (Å²) in [6.45, 7) is 6.72. The van der Waals surface area contributed by atoms with Crippen molar-refractivity contribution in [3.8, 4) is 22.1 Å². The van der Waals surface area contributed by atoms with Crippen LogP contribution in [0, 0.1) is 0 Å². The molecule has 6 nitrogen and oxygen atoms in total. The maximum absolute atomic E-state index is 12.9. The van der Waals surface area contributed by atoms with E-state index in [9.17, 15) is 4.79 Å². The first kappa shape index (κ1) is 23.8. The summed E-state index contributed by atoms with van der Waals surface area (Å²) in [5.74, 6) is 1.08. The fourth-order valence-corrected chi connectivity index (χ4v) is 4.64. The Kier molecular flexibility index (Phi) is 8.64. The molecule has 7 heteroatoms. The predicted octanol–water partition coefficient (Wildman–Crippen LogP) is 4.51. The topological polar surface area (TPSA) is 63.7 Å². The molecule has 0 fully saturated rings. The van der Waals surface area contributed by atoms with Gasteiger partial charge in [-0.15, -0.1) is 11.3 Å². The molecule has 1 aromatic heterocycles. The molecule has 0 spiro atoms. The standard InChI is InChI=1S/C25H31N3O3S/c1-5-28(6-2)19(15-18-11-8-7-9-12-18)16-26-24(29)21-17-32-25(27-21)20-13-10-14-22(30-3)23(20)31-4/h7-14,17,19H,5-6,15-16H2,1-4H3,(H,26,29). The van der Waals surface area contributed by atoms with Gasteiger partial charge in [-0.2, -0.15) is 0 Å². The van der Waals surface area contributed by atoms with Crippen LogP contribution >= 0.6 is 11.3 Å². The summed E-state index contributed by atoms with van der Waals surface area (Å²) < 4.78 is 10.9. The summed E-state index contributed by atoms with van der Waals surface area (Å²) in [7, 11) is 3.20. The number of hydrogen-bond acceptors (Lipinski definition) is 6. The quantitative estimate of drug-likeness (QED) is 0.463. The molecule has 170 valence electrons.